The Bertz CT molecular complexity index is 1290. The summed E-state index contributed by atoms with van der Waals surface area (Å²) in [5.74, 6) is -1.92. The molecule has 1 aromatic heterocycles. The summed E-state index contributed by atoms with van der Waals surface area (Å²) < 4.78 is 13.8. The van der Waals surface area contributed by atoms with Crippen molar-refractivity contribution in [2.24, 2.45) is 0 Å². The number of H-pyrrole nitrogens is 1. The van der Waals surface area contributed by atoms with Crippen molar-refractivity contribution in [1.82, 2.24) is 14.8 Å². The SMILES string of the molecule is Cc1cccc(C[C@@]2(O)C(=O)N(C)[C@@H](Cc3c[nH]c4cc(F)cc([N+](=O)[O-])c34)C(=O)N2C)c1. The summed E-state index contributed by atoms with van der Waals surface area (Å²) in [7, 11) is 2.78. The molecule has 2 N–H and O–H groups in total. The number of aryl methyl sites for hydroxylation is 1. The summed E-state index contributed by atoms with van der Waals surface area (Å²) >= 11 is 0. The van der Waals surface area contributed by atoms with Gasteiger partial charge in [0.05, 0.1) is 21.9 Å². The number of nitro benzene ring substituents is 1. The number of carbonyl (C=O) groups is 2. The summed E-state index contributed by atoms with van der Waals surface area (Å²) in [6.45, 7) is 1.89. The topological polar surface area (TPSA) is 120 Å². The first-order valence-electron chi connectivity index (χ1n) is 10.3. The second kappa shape index (κ2) is 7.96. The molecule has 1 fully saturated rings. The lowest BCUT2D eigenvalue weighted by Gasteiger charge is -2.47. The van der Waals surface area contributed by atoms with E-state index in [1.54, 1.807) is 6.07 Å². The van der Waals surface area contributed by atoms with Gasteiger partial charge < -0.3 is 19.9 Å². The first-order chi connectivity index (χ1) is 15.5. The Morgan fingerprint density at radius 2 is 1.97 bits per heavy atom. The maximum absolute atomic E-state index is 13.8. The number of nitro groups is 1. The number of hydrogen-bond donors (Lipinski definition) is 2. The number of carbonyl (C=O) groups excluding carboxylic acids is 2. The molecule has 1 aliphatic rings. The Kier molecular flexibility index (Phi) is 5.41. The Labute approximate surface area is 188 Å². The zero-order valence-electron chi connectivity index (χ0n) is 18.3. The van der Waals surface area contributed by atoms with Crippen LogP contribution in [0.1, 0.15) is 16.7 Å². The molecule has 33 heavy (non-hydrogen) atoms. The first-order valence-corrected chi connectivity index (χ1v) is 10.3. The van der Waals surface area contributed by atoms with Gasteiger partial charge in [-0.1, -0.05) is 29.8 Å². The third-order valence-corrected chi connectivity index (χ3v) is 6.25. The number of halogens is 1. The Balaban J connectivity index is 1.67. The number of benzene rings is 2. The van der Waals surface area contributed by atoms with E-state index in [2.05, 4.69) is 4.98 Å². The van der Waals surface area contributed by atoms with E-state index in [0.717, 1.165) is 22.6 Å². The van der Waals surface area contributed by atoms with Crippen LogP contribution in [-0.4, -0.2) is 62.5 Å². The molecule has 4 rings (SSSR count). The Morgan fingerprint density at radius 1 is 1.24 bits per heavy atom. The fourth-order valence-corrected chi connectivity index (χ4v) is 4.46. The minimum absolute atomic E-state index is 0.0432. The quantitative estimate of drug-likeness (QED) is 0.453. The Morgan fingerprint density at radius 3 is 2.64 bits per heavy atom. The molecule has 2 aromatic carbocycles. The summed E-state index contributed by atoms with van der Waals surface area (Å²) in [6, 6.07) is 8.26. The van der Waals surface area contributed by atoms with Gasteiger partial charge in [0.15, 0.2) is 0 Å². The maximum Gasteiger partial charge on any atom is 0.281 e. The number of aliphatic hydroxyl groups is 1. The van der Waals surface area contributed by atoms with Crippen LogP contribution in [0, 0.1) is 22.9 Å². The van der Waals surface area contributed by atoms with Crippen LogP contribution < -0.4 is 0 Å². The van der Waals surface area contributed by atoms with Crippen molar-refractivity contribution in [2.75, 3.05) is 14.1 Å². The fourth-order valence-electron chi connectivity index (χ4n) is 4.46. The molecule has 9 nitrogen and oxygen atoms in total. The molecule has 1 saturated heterocycles. The van der Waals surface area contributed by atoms with Gasteiger partial charge >= 0.3 is 0 Å². The highest BCUT2D eigenvalue weighted by Gasteiger charge is 2.53. The van der Waals surface area contributed by atoms with Gasteiger partial charge in [-0.2, -0.15) is 0 Å². The minimum Gasteiger partial charge on any atom is -0.363 e. The standard InChI is InChI=1S/C23H23FN4O5/c1-13-5-4-6-14(7-13)11-23(31)22(30)26(2)19(21(29)27(23)3)8-15-12-25-17-9-16(24)10-18(20(15)17)28(32)33/h4-7,9-10,12,19,25,31H,8,11H2,1-3H3/t19-,23+/m0/s1. The van der Waals surface area contributed by atoms with Gasteiger partial charge in [-0.15, -0.1) is 0 Å². The minimum atomic E-state index is -2.06. The number of amides is 2. The molecule has 0 aliphatic carbocycles. The predicted molar refractivity (Wildman–Crippen MR) is 118 cm³/mol. The molecular weight excluding hydrogens is 431 g/mol. The third-order valence-electron chi connectivity index (χ3n) is 6.25. The van der Waals surface area contributed by atoms with E-state index < -0.39 is 40.0 Å². The predicted octanol–water partition coefficient (Wildman–Crippen LogP) is 2.30. The average Bonchev–Trinajstić information content (AvgIpc) is 3.16. The van der Waals surface area contributed by atoms with Crippen LogP contribution in [0.3, 0.4) is 0 Å². The molecule has 172 valence electrons. The number of non-ortho nitro benzene ring substituents is 1. The number of rotatable bonds is 5. The van der Waals surface area contributed by atoms with Gasteiger partial charge in [-0.3, -0.25) is 19.7 Å². The number of likely N-dealkylation sites (N-methyl/N-ethyl adjacent to an activating group) is 2. The van der Waals surface area contributed by atoms with Crippen molar-refractivity contribution in [3.63, 3.8) is 0 Å². The second-order valence-electron chi connectivity index (χ2n) is 8.43. The van der Waals surface area contributed by atoms with Crippen LogP contribution in [0.15, 0.2) is 42.6 Å². The highest BCUT2D eigenvalue weighted by atomic mass is 19.1. The number of piperazine rings is 1. The number of nitrogens with one attached hydrogen (secondary N) is 1. The Hall–Kier alpha value is -3.79. The van der Waals surface area contributed by atoms with E-state index in [0.29, 0.717) is 11.1 Å². The largest absolute Gasteiger partial charge is 0.363 e. The molecule has 0 bridgehead atoms. The molecule has 3 aromatic rings. The first kappa shape index (κ1) is 22.4. The van der Waals surface area contributed by atoms with E-state index in [4.69, 9.17) is 0 Å². The average molecular weight is 454 g/mol. The lowest BCUT2D eigenvalue weighted by molar-refractivity contribution is -0.383. The smallest absolute Gasteiger partial charge is 0.281 e. The fraction of sp³-hybridized carbons (Fsp3) is 0.304. The van der Waals surface area contributed by atoms with Crippen LogP contribution in [-0.2, 0) is 22.4 Å². The van der Waals surface area contributed by atoms with Gasteiger partial charge in [0.25, 0.3) is 11.6 Å². The second-order valence-corrected chi connectivity index (χ2v) is 8.43. The molecule has 0 unspecified atom stereocenters. The van der Waals surface area contributed by atoms with Crippen LogP contribution in [0.25, 0.3) is 10.9 Å². The third kappa shape index (κ3) is 3.72. The van der Waals surface area contributed by atoms with Crippen LogP contribution in [0.2, 0.25) is 0 Å². The van der Waals surface area contributed by atoms with Crippen LogP contribution in [0.4, 0.5) is 10.1 Å². The summed E-state index contributed by atoms with van der Waals surface area (Å²) in [5.41, 5.74) is -0.220. The van der Waals surface area contributed by atoms with Crippen molar-refractivity contribution in [3.05, 3.63) is 75.2 Å². The van der Waals surface area contributed by atoms with E-state index in [1.807, 2.05) is 25.1 Å². The number of nitrogens with zero attached hydrogens (tertiary/aromatic N) is 3. The molecule has 0 radical (unpaired) electrons. The van der Waals surface area contributed by atoms with Gasteiger partial charge in [0.2, 0.25) is 11.6 Å². The van der Waals surface area contributed by atoms with Crippen molar-refractivity contribution < 1.29 is 24.0 Å². The van der Waals surface area contributed by atoms with Gasteiger partial charge in [0.1, 0.15) is 11.9 Å². The summed E-state index contributed by atoms with van der Waals surface area (Å²) in [5, 5.41) is 22.9. The van der Waals surface area contributed by atoms with E-state index in [1.165, 1.54) is 25.2 Å². The van der Waals surface area contributed by atoms with Crippen molar-refractivity contribution in [1.29, 1.82) is 0 Å². The molecule has 0 spiro atoms. The van der Waals surface area contributed by atoms with Gasteiger partial charge in [-0.25, -0.2) is 4.39 Å². The number of aromatic nitrogens is 1. The molecule has 2 atom stereocenters. The van der Waals surface area contributed by atoms with Gasteiger partial charge in [-0.05, 0) is 24.1 Å². The van der Waals surface area contributed by atoms with E-state index in [9.17, 15) is 29.2 Å². The zero-order chi connectivity index (χ0) is 24.1. The van der Waals surface area contributed by atoms with E-state index >= 15 is 0 Å². The summed E-state index contributed by atoms with van der Waals surface area (Å²) in [6.07, 6.45) is 1.35. The maximum atomic E-state index is 13.8. The monoisotopic (exact) mass is 454 g/mol. The number of hydrogen-bond acceptors (Lipinski definition) is 5. The highest BCUT2D eigenvalue weighted by Crippen LogP contribution is 2.33. The normalized spacial score (nSPS) is 21.2. The zero-order valence-corrected chi connectivity index (χ0v) is 18.3. The molecule has 0 saturated carbocycles. The van der Waals surface area contributed by atoms with Crippen LogP contribution in [0.5, 0.6) is 0 Å². The van der Waals surface area contributed by atoms with Crippen molar-refractivity contribution in [3.8, 4) is 0 Å². The lowest BCUT2D eigenvalue weighted by Crippen LogP contribution is -2.70. The molecular formula is C23H23FN4O5. The molecule has 2 heterocycles. The van der Waals surface area contributed by atoms with E-state index in [-0.39, 0.29) is 23.7 Å². The lowest BCUT2D eigenvalue weighted by atomic mass is 9.92. The van der Waals surface area contributed by atoms with Crippen LogP contribution >= 0.6 is 0 Å². The molecule has 2 amide bonds. The van der Waals surface area contributed by atoms with Crippen molar-refractivity contribution >= 4 is 28.4 Å². The van der Waals surface area contributed by atoms with Crippen molar-refractivity contribution in [2.45, 2.75) is 31.5 Å². The molecule has 1 aliphatic heterocycles. The highest BCUT2D eigenvalue weighted by molar-refractivity contribution is 5.99. The number of aromatic amines is 1. The molecule has 10 heteroatoms. The summed E-state index contributed by atoms with van der Waals surface area (Å²) in [4.78, 5) is 42.3. The van der Waals surface area contributed by atoms with Gasteiger partial charge in [0, 0.05) is 33.1 Å². The number of fused-ring (bicyclic) bond motifs is 1.